The maximum atomic E-state index is 12.2. The predicted molar refractivity (Wildman–Crippen MR) is 106 cm³/mol. The Labute approximate surface area is 155 Å². The molecule has 7 heteroatoms. The van der Waals surface area contributed by atoms with Gasteiger partial charge in [0, 0.05) is 0 Å². The van der Waals surface area contributed by atoms with E-state index in [9.17, 15) is 14.7 Å². The van der Waals surface area contributed by atoms with Crippen LogP contribution in [0.25, 0.3) is 5.69 Å². The SMILES string of the molecule is Cc1ccc(NN=Cc2c(O)n(-c3ccc(C)c(C)c3)c(=O)[nH]c2=O)cc1. The van der Waals surface area contributed by atoms with E-state index in [1.807, 2.05) is 51.1 Å². The minimum atomic E-state index is -0.718. The molecule has 0 aliphatic heterocycles. The first-order valence-electron chi connectivity index (χ1n) is 8.38. The Balaban J connectivity index is 1.99. The number of aryl methyl sites for hydroxylation is 3. The number of hydrazone groups is 1. The van der Waals surface area contributed by atoms with E-state index in [1.54, 1.807) is 12.1 Å². The minimum absolute atomic E-state index is 0.118. The Hall–Kier alpha value is -3.61. The molecule has 1 heterocycles. The minimum Gasteiger partial charge on any atom is -0.493 e. The van der Waals surface area contributed by atoms with E-state index in [-0.39, 0.29) is 5.56 Å². The molecule has 0 atom stereocenters. The van der Waals surface area contributed by atoms with Gasteiger partial charge in [0.25, 0.3) is 5.56 Å². The fourth-order valence-corrected chi connectivity index (χ4v) is 2.56. The largest absolute Gasteiger partial charge is 0.493 e. The quantitative estimate of drug-likeness (QED) is 0.489. The molecule has 27 heavy (non-hydrogen) atoms. The van der Waals surface area contributed by atoms with Crippen molar-refractivity contribution >= 4 is 11.9 Å². The number of hydrogen-bond acceptors (Lipinski definition) is 5. The highest BCUT2D eigenvalue weighted by Crippen LogP contribution is 2.18. The van der Waals surface area contributed by atoms with Gasteiger partial charge in [0.05, 0.1) is 17.6 Å². The van der Waals surface area contributed by atoms with Crippen LogP contribution in [0.3, 0.4) is 0 Å². The van der Waals surface area contributed by atoms with Gasteiger partial charge in [-0.1, -0.05) is 23.8 Å². The van der Waals surface area contributed by atoms with E-state index in [0.717, 1.165) is 26.9 Å². The molecule has 0 amide bonds. The lowest BCUT2D eigenvalue weighted by Crippen LogP contribution is -2.31. The summed E-state index contributed by atoms with van der Waals surface area (Å²) in [5.41, 5.74) is 5.54. The van der Waals surface area contributed by atoms with Gasteiger partial charge in [-0.25, -0.2) is 9.36 Å². The van der Waals surface area contributed by atoms with Gasteiger partial charge in [0.15, 0.2) is 0 Å². The summed E-state index contributed by atoms with van der Waals surface area (Å²) in [4.78, 5) is 26.5. The highest BCUT2D eigenvalue weighted by atomic mass is 16.3. The summed E-state index contributed by atoms with van der Waals surface area (Å²) >= 11 is 0. The van der Waals surface area contributed by atoms with E-state index in [4.69, 9.17) is 0 Å². The molecule has 0 aliphatic carbocycles. The maximum Gasteiger partial charge on any atom is 0.335 e. The van der Waals surface area contributed by atoms with E-state index in [0.29, 0.717) is 5.69 Å². The smallest absolute Gasteiger partial charge is 0.335 e. The number of H-pyrrole nitrogens is 1. The van der Waals surface area contributed by atoms with Crippen LogP contribution < -0.4 is 16.7 Å². The topological polar surface area (TPSA) is 99.5 Å². The van der Waals surface area contributed by atoms with Crippen LogP contribution in [0.1, 0.15) is 22.3 Å². The molecule has 0 saturated heterocycles. The Morgan fingerprint density at radius 3 is 2.41 bits per heavy atom. The van der Waals surface area contributed by atoms with Gasteiger partial charge in [0.2, 0.25) is 5.88 Å². The molecule has 1 aromatic heterocycles. The molecule has 3 rings (SSSR count). The van der Waals surface area contributed by atoms with Gasteiger partial charge in [-0.05, 0) is 56.2 Å². The van der Waals surface area contributed by atoms with Crippen LogP contribution in [0.4, 0.5) is 5.69 Å². The van der Waals surface area contributed by atoms with Crippen molar-refractivity contribution in [2.75, 3.05) is 5.43 Å². The van der Waals surface area contributed by atoms with Crippen LogP contribution in [0.2, 0.25) is 0 Å². The van der Waals surface area contributed by atoms with Crippen molar-refractivity contribution in [2.45, 2.75) is 20.8 Å². The third-order valence-corrected chi connectivity index (χ3v) is 4.31. The third kappa shape index (κ3) is 3.82. The van der Waals surface area contributed by atoms with Crippen molar-refractivity contribution in [3.05, 3.63) is 85.6 Å². The molecule has 0 radical (unpaired) electrons. The first-order valence-corrected chi connectivity index (χ1v) is 8.38. The molecule has 138 valence electrons. The fourth-order valence-electron chi connectivity index (χ4n) is 2.56. The summed E-state index contributed by atoms with van der Waals surface area (Å²) in [6, 6.07) is 12.8. The molecule has 3 N–H and O–H groups in total. The summed E-state index contributed by atoms with van der Waals surface area (Å²) in [5, 5.41) is 14.5. The number of hydrogen-bond donors (Lipinski definition) is 3. The van der Waals surface area contributed by atoms with Crippen LogP contribution in [-0.2, 0) is 0 Å². The van der Waals surface area contributed by atoms with Gasteiger partial charge < -0.3 is 5.11 Å². The molecule has 3 aromatic rings. The standard InChI is InChI=1S/C20H20N4O3/c1-12-4-7-15(8-5-12)23-21-11-17-18(25)22-20(27)24(19(17)26)16-9-6-13(2)14(3)10-16/h4-11,23,26H,1-3H3,(H,22,25,27). The number of aromatic amines is 1. The molecular formula is C20H20N4O3. The van der Waals surface area contributed by atoms with Crippen LogP contribution in [-0.4, -0.2) is 20.9 Å². The molecule has 0 aliphatic rings. The van der Waals surface area contributed by atoms with E-state index in [1.165, 1.54) is 6.21 Å². The van der Waals surface area contributed by atoms with Crippen LogP contribution in [0.5, 0.6) is 5.88 Å². The van der Waals surface area contributed by atoms with Gasteiger partial charge in [-0.2, -0.15) is 5.10 Å². The van der Waals surface area contributed by atoms with Gasteiger partial charge in [-0.15, -0.1) is 0 Å². The average molecular weight is 364 g/mol. The van der Waals surface area contributed by atoms with Crippen LogP contribution >= 0.6 is 0 Å². The van der Waals surface area contributed by atoms with Crippen molar-refractivity contribution in [3.63, 3.8) is 0 Å². The maximum absolute atomic E-state index is 12.2. The average Bonchev–Trinajstić information content (AvgIpc) is 2.62. The molecule has 0 spiro atoms. The zero-order valence-electron chi connectivity index (χ0n) is 15.3. The molecule has 7 nitrogen and oxygen atoms in total. The Morgan fingerprint density at radius 1 is 1.04 bits per heavy atom. The monoisotopic (exact) mass is 364 g/mol. The highest BCUT2D eigenvalue weighted by Gasteiger charge is 2.14. The van der Waals surface area contributed by atoms with E-state index >= 15 is 0 Å². The Bertz CT molecular complexity index is 1130. The summed E-state index contributed by atoms with van der Waals surface area (Å²) < 4.78 is 1.04. The molecular weight excluding hydrogens is 344 g/mol. The number of nitrogens with zero attached hydrogens (tertiary/aromatic N) is 2. The second kappa shape index (κ2) is 7.33. The van der Waals surface area contributed by atoms with Crippen LogP contribution in [0.15, 0.2) is 57.2 Å². The van der Waals surface area contributed by atoms with Gasteiger partial charge >= 0.3 is 5.69 Å². The van der Waals surface area contributed by atoms with Gasteiger partial charge in [-0.3, -0.25) is 15.2 Å². The number of benzene rings is 2. The fraction of sp³-hybridized carbons (Fsp3) is 0.150. The van der Waals surface area contributed by atoms with Gasteiger partial charge in [0.1, 0.15) is 5.56 Å². The number of aromatic nitrogens is 2. The predicted octanol–water partition coefficient (Wildman–Crippen LogP) is 2.60. The van der Waals surface area contributed by atoms with Crippen molar-refractivity contribution in [3.8, 4) is 11.6 Å². The summed E-state index contributed by atoms with van der Waals surface area (Å²) in [6.07, 6.45) is 1.19. The third-order valence-electron chi connectivity index (χ3n) is 4.31. The summed E-state index contributed by atoms with van der Waals surface area (Å²) in [7, 11) is 0. The zero-order chi connectivity index (χ0) is 19.6. The number of nitrogens with one attached hydrogen (secondary N) is 2. The van der Waals surface area contributed by atoms with Crippen molar-refractivity contribution < 1.29 is 5.11 Å². The molecule has 2 aromatic carbocycles. The van der Waals surface area contributed by atoms with E-state index < -0.39 is 17.1 Å². The van der Waals surface area contributed by atoms with E-state index in [2.05, 4.69) is 15.5 Å². The number of aromatic hydroxyl groups is 1. The Kier molecular flexibility index (Phi) is 4.94. The van der Waals surface area contributed by atoms with Crippen LogP contribution in [0, 0.1) is 20.8 Å². The first-order chi connectivity index (χ1) is 12.9. The van der Waals surface area contributed by atoms with Crippen molar-refractivity contribution in [1.29, 1.82) is 0 Å². The first kappa shape index (κ1) is 18.2. The summed E-state index contributed by atoms with van der Waals surface area (Å²) in [5.74, 6) is -0.471. The molecule has 0 bridgehead atoms. The second-order valence-electron chi connectivity index (χ2n) is 6.34. The number of rotatable bonds is 4. The highest BCUT2D eigenvalue weighted by molar-refractivity contribution is 5.82. The Morgan fingerprint density at radius 2 is 1.74 bits per heavy atom. The lowest BCUT2D eigenvalue weighted by Gasteiger charge is -2.11. The number of anilines is 1. The zero-order valence-corrected chi connectivity index (χ0v) is 15.3. The lowest BCUT2D eigenvalue weighted by atomic mass is 10.1. The molecule has 0 unspecified atom stereocenters. The normalized spacial score (nSPS) is 11.1. The van der Waals surface area contributed by atoms with Crippen molar-refractivity contribution in [1.82, 2.24) is 9.55 Å². The molecule has 0 fully saturated rings. The lowest BCUT2D eigenvalue weighted by molar-refractivity contribution is 0.430. The van der Waals surface area contributed by atoms with Crippen molar-refractivity contribution in [2.24, 2.45) is 5.10 Å². The second-order valence-corrected chi connectivity index (χ2v) is 6.34. The molecule has 0 saturated carbocycles. The summed E-state index contributed by atoms with van der Waals surface area (Å²) in [6.45, 7) is 5.82.